The minimum absolute atomic E-state index is 0.0816. The van der Waals surface area contributed by atoms with Gasteiger partial charge in [0.05, 0.1) is 18.8 Å². The maximum absolute atomic E-state index is 14.7. The molecule has 0 radical (unpaired) electrons. The maximum atomic E-state index is 14.7. The van der Waals surface area contributed by atoms with Gasteiger partial charge >= 0.3 is 5.97 Å². The van der Waals surface area contributed by atoms with Crippen molar-refractivity contribution in [1.82, 2.24) is 9.88 Å². The Labute approximate surface area is 208 Å². The van der Waals surface area contributed by atoms with Gasteiger partial charge in [0.2, 0.25) is 0 Å². The molecule has 5 nitrogen and oxygen atoms in total. The van der Waals surface area contributed by atoms with Crippen molar-refractivity contribution in [3.63, 3.8) is 0 Å². The van der Waals surface area contributed by atoms with Crippen molar-refractivity contribution in [2.75, 3.05) is 20.2 Å². The van der Waals surface area contributed by atoms with Crippen molar-refractivity contribution in [1.29, 1.82) is 0 Å². The fraction of sp³-hybridized carbons (Fsp3) is 0.429. The molecule has 1 saturated heterocycles. The van der Waals surface area contributed by atoms with Crippen molar-refractivity contribution in [3.8, 4) is 5.75 Å². The van der Waals surface area contributed by atoms with Gasteiger partial charge in [0, 0.05) is 30.5 Å². The van der Waals surface area contributed by atoms with Crippen LogP contribution in [0.4, 0.5) is 13.2 Å². The summed E-state index contributed by atoms with van der Waals surface area (Å²) in [5.41, 5.74) is 1.90. The van der Waals surface area contributed by atoms with Gasteiger partial charge in [0.1, 0.15) is 23.2 Å². The lowest BCUT2D eigenvalue weighted by Crippen LogP contribution is -2.44. The van der Waals surface area contributed by atoms with E-state index in [2.05, 4.69) is 9.88 Å². The van der Waals surface area contributed by atoms with Gasteiger partial charge in [0.15, 0.2) is 0 Å². The molecule has 3 aromatic rings. The van der Waals surface area contributed by atoms with Crippen molar-refractivity contribution in [2.24, 2.45) is 5.92 Å². The number of fused-ring (bicyclic) bond motifs is 1. The highest BCUT2D eigenvalue weighted by Crippen LogP contribution is 2.30. The number of carboxylic acid groups (broad SMARTS) is 1. The van der Waals surface area contributed by atoms with E-state index in [-0.39, 0.29) is 24.2 Å². The predicted molar refractivity (Wildman–Crippen MR) is 132 cm³/mol. The molecular weight excluding hydrogens is 469 g/mol. The summed E-state index contributed by atoms with van der Waals surface area (Å²) in [5, 5.41) is 10.0. The van der Waals surface area contributed by atoms with Crippen LogP contribution in [-0.4, -0.2) is 47.2 Å². The molecule has 2 aromatic carbocycles. The van der Waals surface area contributed by atoms with Crippen LogP contribution >= 0.6 is 0 Å². The second-order valence-electron chi connectivity index (χ2n) is 9.57. The zero-order chi connectivity index (χ0) is 25.7. The molecule has 2 heterocycles. The van der Waals surface area contributed by atoms with Crippen LogP contribution in [0.5, 0.6) is 5.75 Å². The van der Waals surface area contributed by atoms with Crippen LogP contribution in [-0.2, 0) is 17.6 Å². The van der Waals surface area contributed by atoms with Crippen LogP contribution in [0.15, 0.2) is 42.6 Å². The smallest absolute Gasteiger partial charge is 0.303 e. The Bertz CT molecular complexity index is 1200. The SMILES string of the molecule is COc1ccc2ncc(F)c(CCCC3CC(CC(=O)O)CCN3CCc3cc(F)cc(F)c3)c2c1. The first kappa shape index (κ1) is 25.9. The molecule has 0 saturated carbocycles. The lowest BCUT2D eigenvalue weighted by molar-refractivity contribution is -0.138. The zero-order valence-corrected chi connectivity index (χ0v) is 20.4. The molecule has 1 N–H and O–H groups in total. The molecule has 0 amide bonds. The van der Waals surface area contributed by atoms with E-state index in [4.69, 9.17) is 4.74 Å². The summed E-state index contributed by atoms with van der Waals surface area (Å²) >= 11 is 0. The van der Waals surface area contributed by atoms with Crippen molar-refractivity contribution in [3.05, 3.63) is 71.2 Å². The summed E-state index contributed by atoms with van der Waals surface area (Å²) in [6.45, 7) is 1.35. The molecule has 4 rings (SSSR count). The average Bonchev–Trinajstić information content (AvgIpc) is 2.83. The number of rotatable bonds is 10. The molecule has 0 aliphatic carbocycles. The Morgan fingerprint density at radius 3 is 2.64 bits per heavy atom. The number of benzene rings is 2. The number of carboxylic acids is 1. The summed E-state index contributed by atoms with van der Waals surface area (Å²) in [6, 6.07) is 9.08. The summed E-state index contributed by atoms with van der Waals surface area (Å²) in [5.74, 6) is -1.62. The average molecular weight is 501 g/mol. The highest BCUT2D eigenvalue weighted by molar-refractivity contribution is 5.83. The minimum atomic E-state index is -0.804. The fourth-order valence-corrected chi connectivity index (χ4v) is 5.34. The number of likely N-dealkylation sites (tertiary alicyclic amines) is 1. The van der Waals surface area contributed by atoms with Crippen LogP contribution < -0.4 is 4.74 Å². The Balaban J connectivity index is 1.45. The number of carbonyl (C=O) groups is 1. The number of piperidine rings is 1. The molecule has 2 atom stereocenters. The molecule has 2 unspecified atom stereocenters. The Morgan fingerprint density at radius 2 is 1.92 bits per heavy atom. The number of nitrogens with zero attached hydrogens (tertiary/aromatic N) is 2. The first-order valence-corrected chi connectivity index (χ1v) is 12.3. The number of pyridine rings is 1. The van der Waals surface area contributed by atoms with E-state index in [1.54, 1.807) is 19.2 Å². The van der Waals surface area contributed by atoms with Crippen LogP contribution in [0.25, 0.3) is 10.9 Å². The third kappa shape index (κ3) is 6.55. The number of hydrogen-bond acceptors (Lipinski definition) is 4. The highest BCUT2D eigenvalue weighted by Gasteiger charge is 2.29. The molecular formula is C28H31F3N2O3. The molecule has 8 heteroatoms. The minimum Gasteiger partial charge on any atom is -0.497 e. The number of ether oxygens (including phenoxy) is 1. The molecule has 1 aliphatic rings. The van der Waals surface area contributed by atoms with E-state index in [9.17, 15) is 23.1 Å². The van der Waals surface area contributed by atoms with Gasteiger partial charge in [0.25, 0.3) is 0 Å². The summed E-state index contributed by atoms with van der Waals surface area (Å²) in [6.07, 6.45) is 5.37. The van der Waals surface area contributed by atoms with Crippen LogP contribution in [0.2, 0.25) is 0 Å². The number of aliphatic carboxylic acids is 1. The number of aryl methyl sites for hydroxylation is 1. The Hall–Kier alpha value is -3.13. The zero-order valence-electron chi connectivity index (χ0n) is 20.4. The molecule has 0 spiro atoms. The van der Waals surface area contributed by atoms with Crippen molar-refractivity contribution >= 4 is 16.9 Å². The molecule has 36 heavy (non-hydrogen) atoms. The van der Waals surface area contributed by atoms with Crippen LogP contribution in [0.3, 0.4) is 0 Å². The van der Waals surface area contributed by atoms with E-state index >= 15 is 0 Å². The van der Waals surface area contributed by atoms with Crippen LogP contribution in [0.1, 0.15) is 43.2 Å². The van der Waals surface area contributed by atoms with Crippen molar-refractivity contribution < 1.29 is 27.8 Å². The monoisotopic (exact) mass is 500 g/mol. The van der Waals surface area contributed by atoms with Gasteiger partial charge in [-0.1, -0.05) is 0 Å². The topological polar surface area (TPSA) is 62.7 Å². The standard InChI is InChI=1S/C28H31F3N2O3/c1-36-23-5-6-27-25(16-23)24(26(31)17-32-27)4-2-3-22-13-19(14-28(34)35)8-10-33(22)9-7-18-11-20(29)15-21(30)12-18/h5-6,11-12,15-17,19,22H,2-4,7-10,13-14H2,1H3,(H,34,35). The lowest BCUT2D eigenvalue weighted by Gasteiger charge is -2.39. The first-order valence-electron chi connectivity index (χ1n) is 12.3. The summed E-state index contributed by atoms with van der Waals surface area (Å²) in [4.78, 5) is 17.8. The summed E-state index contributed by atoms with van der Waals surface area (Å²) in [7, 11) is 1.57. The first-order chi connectivity index (χ1) is 17.3. The predicted octanol–water partition coefficient (Wildman–Crippen LogP) is 5.78. The van der Waals surface area contributed by atoms with E-state index in [1.807, 2.05) is 6.07 Å². The van der Waals surface area contributed by atoms with E-state index < -0.39 is 17.6 Å². The molecule has 192 valence electrons. The number of hydrogen-bond donors (Lipinski definition) is 1. The second kappa shape index (κ2) is 11.7. The quantitative estimate of drug-likeness (QED) is 0.382. The lowest BCUT2D eigenvalue weighted by atomic mass is 9.85. The van der Waals surface area contributed by atoms with Crippen LogP contribution in [0, 0.1) is 23.4 Å². The molecule has 1 aromatic heterocycles. The maximum Gasteiger partial charge on any atom is 0.303 e. The van der Waals surface area contributed by atoms with Gasteiger partial charge in [-0.25, -0.2) is 13.2 Å². The van der Waals surface area contributed by atoms with Gasteiger partial charge in [-0.05, 0) is 92.4 Å². The number of aromatic nitrogens is 1. The third-order valence-electron chi connectivity index (χ3n) is 7.12. The van der Waals surface area contributed by atoms with E-state index in [0.29, 0.717) is 48.2 Å². The Morgan fingerprint density at radius 1 is 1.14 bits per heavy atom. The van der Waals surface area contributed by atoms with Crippen molar-refractivity contribution in [2.45, 2.75) is 51.0 Å². The Kier molecular flexibility index (Phi) is 8.46. The highest BCUT2D eigenvalue weighted by atomic mass is 19.1. The van der Waals surface area contributed by atoms with Gasteiger partial charge in [-0.3, -0.25) is 9.78 Å². The largest absolute Gasteiger partial charge is 0.497 e. The van der Waals surface area contributed by atoms with Gasteiger partial charge < -0.3 is 14.7 Å². The number of methoxy groups -OCH3 is 1. The number of halogens is 3. The molecule has 1 aliphatic heterocycles. The summed E-state index contributed by atoms with van der Waals surface area (Å²) < 4.78 is 47.3. The molecule has 0 bridgehead atoms. The van der Waals surface area contributed by atoms with E-state index in [1.165, 1.54) is 18.3 Å². The molecule has 1 fully saturated rings. The second-order valence-corrected chi connectivity index (χ2v) is 9.57. The normalized spacial score (nSPS) is 18.4. The fourth-order valence-electron chi connectivity index (χ4n) is 5.34. The van der Waals surface area contributed by atoms with E-state index in [0.717, 1.165) is 37.3 Å². The van der Waals surface area contributed by atoms with Gasteiger partial charge in [-0.15, -0.1) is 0 Å². The third-order valence-corrected chi connectivity index (χ3v) is 7.12. The van der Waals surface area contributed by atoms with Gasteiger partial charge in [-0.2, -0.15) is 0 Å².